The van der Waals surface area contributed by atoms with Crippen molar-refractivity contribution in [2.45, 2.75) is 32.9 Å². The highest BCUT2D eigenvalue weighted by atomic mass is 79.9. The van der Waals surface area contributed by atoms with Gasteiger partial charge in [0.15, 0.2) is 0 Å². The lowest BCUT2D eigenvalue weighted by Gasteiger charge is -2.30. The lowest BCUT2D eigenvalue weighted by atomic mass is 10.1. The zero-order chi connectivity index (χ0) is 18.2. The van der Waals surface area contributed by atoms with E-state index in [0.717, 1.165) is 27.8 Å². The number of methoxy groups -OCH3 is 1. The topological polar surface area (TPSA) is 41.6 Å². The Kier molecular flexibility index (Phi) is 7.31. The molecular formula is C20H25BrN2O2. The molecule has 2 aromatic rings. The van der Waals surface area contributed by atoms with Crippen LogP contribution in [-0.4, -0.2) is 24.6 Å². The van der Waals surface area contributed by atoms with Crippen LogP contribution in [0, 0.1) is 0 Å². The minimum Gasteiger partial charge on any atom is -0.497 e. The van der Waals surface area contributed by atoms with Gasteiger partial charge in [0.05, 0.1) is 13.2 Å². The van der Waals surface area contributed by atoms with Gasteiger partial charge in [0, 0.05) is 17.6 Å². The molecule has 0 saturated carbocycles. The first kappa shape index (κ1) is 19.3. The average molecular weight is 405 g/mol. The molecule has 0 aliphatic heterocycles. The Hall–Kier alpha value is -2.01. The number of benzene rings is 2. The molecule has 25 heavy (non-hydrogen) atoms. The van der Waals surface area contributed by atoms with Gasteiger partial charge in [-0.25, -0.2) is 4.79 Å². The number of nitrogens with zero attached hydrogens (tertiary/aromatic N) is 1. The fourth-order valence-electron chi connectivity index (χ4n) is 2.72. The predicted octanol–water partition coefficient (Wildman–Crippen LogP) is 5.14. The van der Waals surface area contributed by atoms with Gasteiger partial charge < -0.3 is 15.0 Å². The molecule has 0 aliphatic carbocycles. The first-order valence-corrected chi connectivity index (χ1v) is 9.28. The molecule has 1 atom stereocenters. The van der Waals surface area contributed by atoms with Gasteiger partial charge in [-0.15, -0.1) is 0 Å². The SMILES string of the molecule is CCCN(C(=O)NCc1ccc(OC)cc1)C(C)c1ccccc1Br. The second-order valence-corrected chi connectivity index (χ2v) is 6.75. The summed E-state index contributed by atoms with van der Waals surface area (Å²) in [7, 11) is 1.64. The summed E-state index contributed by atoms with van der Waals surface area (Å²) in [5.41, 5.74) is 2.15. The molecule has 0 bridgehead atoms. The van der Waals surface area contributed by atoms with Crippen LogP contribution in [0.3, 0.4) is 0 Å². The molecule has 0 spiro atoms. The third-order valence-corrected chi connectivity index (χ3v) is 4.87. The second kappa shape index (κ2) is 9.47. The molecule has 5 heteroatoms. The largest absolute Gasteiger partial charge is 0.497 e. The van der Waals surface area contributed by atoms with E-state index in [9.17, 15) is 4.79 Å². The molecule has 0 radical (unpaired) electrons. The van der Waals surface area contributed by atoms with E-state index in [1.807, 2.05) is 53.4 Å². The number of carbonyl (C=O) groups is 1. The third-order valence-electron chi connectivity index (χ3n) is 4.15. The van der Waals surface area contributed by atoms with Gasteiger partial charge >= 0.3 is 6.03 Å². The van der Waals surface area contributed by atoms with Gasteiger partial charge in [-0.3, -0.25) is 0 Å². The fourth-order valence-corrected chi connectivity index (χ4v) is 3.33. The summed E-state index contributed by atoms with van der Waals surface area (Å²) in [6.07, 6.45) is 0.907. The number of halogens is 1. The molecule has 134 valence electrons. The number of nitrogens with one attached hydrogen (secondary N) is 1. The Balaban J connectivity index is 2.05. The third kappa shape index (κ3) is 5.23. The summed E-state index contributed by atoms with van der Waals surface area (Å²) in [6.45, 7) is 5.34. The smallest absolute Gasteiger partial charge is 0.318 e. The Morgan fingerprint density at radius 1 is 1.20 bits per heavy atom. The number of amides is 2. The number of urea groups is 1. The Morgan fingerprint density at radius 3 is 2.48 bits per heavy atom. The van der Waals surface area contributed by atoms with E-state index in [0.29, 0.717) is 13.1 Å². The van der Waals surface area contributed by atoms with E-state index < -0.39 is 0 Å². The standard InChI is InChI=1S/C20H25BrN2O2/c1-4-13-23(15(2)18-7-5-6-8-19(18)21)20(24)22-14-16-9-11-17(25-3)12-10-16/h5-12,15H,4,13-14H2,1-3H3,(H,22,24). The summed E-state index contributed by atoms with van der Waals surface area (Å²) < 4.78 is 6.18. The van der Waals surface area contributed by atoms with Crippen molar-refractivity contribution in [2.75, 3.05) is 13.7 Å². The molecule has 4 nitrogen and oxygen atoms in total. The van der Waals surface area contributed by atoms with E-state index in [1.165, 1.54) is 0 Å². The van der Waals surface area contributed by atoms with E-state index in [-0.39, 0.29) is 12.1 Å². The summed E-state index contributed by atoms with van der Waals surface area (Å²) in [4.78, 5) is 14.6. The molecule has 1 unspecified atom stereocenters. The van der Waals surface area contributed by atoms with Crippen LogP contribution >= 0.6 is 15.9 Å². The number of rotatable bonds is 7. The molecule has 2 amide bonds. The van der Waals surface area contributed by atoms with Gasteiger partial charge in [0.1, 0.15) is 5.75 Å². The van der Waals surface area contributed by atoms with Gasteiger partial charge in [-0.2, -0.15) is 0 Å². The van der Waals surface area contributed by atoms with Crippen molar-refractivity contribution in [1.82, 2.24) is 10.2 Å². The van der Waals surface area contributed by atoms with Crippen molar-refractivity contribution in [2.24, 2.45) is 0 Å². The monoisotopic (exact) mass is 404 g/mol. The number of ether oxygens (including phenoxy) is 1. The van der Waals surface area contributed by atoms with Crippen LogP contribution in [0.5, 0.6) is 5.75 Å². The molecule has 0 aromatic heterocycles. The van der Waals surface area contributed by atoms with Crippen molar-refractivity contribution in [3.8, 4) is 5.75 Å². The molecular weight excluding hydrogens is 380 g/mol. The quantitative estimate of drug-likeness (QED) is 0.693. The van der Waals surface area contributed by atoms with E-state index in [1.54, 1.807) is 7.11 Å². The first-order valence-electron chi connectivity index (χ1n) is 8.48. The first-order chi connectivity index (χ1) is 12.1. The van der Waals surface area contributed by atoms with Crippen LogP contribution in [0.25, 0.3) is 0 Å². The van der Waals surface area contributed by atoms with Gasteiger partial charge in [0.25, 0.3) is 0 Å². The van der Waals surface area contributed by atoms with Crippen molar-refractivity contribution in [3.05, 3.63) is 64.1 Å². The maximum Gasteiger partial charge on any atom is 0.318 e. The van der Waals surface area contributed by atoms with Crippen LogP contribution in [0.1, 0.15) is 37.4 Å². The summed E-state index contributed by atoms with van der Waals surface area (Å²) in [5.74, 6) is 0.810. The highest BCUT2D eigenvalue weighted by Gasteiger charge is 2.21. The molecule has 1 N–H and O–H groups in total. The molecule has 0 fully saturated rings. The average Bonchev–Trinajstić information content (AvgIpc) is 2.64. The van der Waals surface area contributed by atoms with Crippen LogP contribution in [0.15, 0.2) is 53.0 Å². The summed E-state index contributed by atoms with van der Waals surface area (Å²) in [5, 5.41) is 3.02. The molecule has 2 rings (SSSR count). The number of hydrogen-bond donors (Lipinski definition) is 1. The van der Waals surface area contributed by atoms with Gasteiger partial charge in [-0.05, 0) is 42.7 Å². The lowest BCUT2D eigenvalue weighted by Crippen LogP contribution is -2.41. The van der Waals surface area contributed by atoms with E-state index in [2.05, 4.69) is 35.1 Å². The zero-order valence-electron chi connectivity index (χ0n) is 15.0. The predicted molar refractivity (Wildman–Crippen MR) is 105 cm³/mol. The van der Waals surface area contributed by atoms with Crippen molar-refractivity contribution in [1.29, 1.82) is 0 Å². The molecule has 0 aliphatic rings. The van der Waals surface area contributed by atoms with Crippen LogP contribution in [-0.2, 0) is 6.54 Å². The normalized spacial score (nSPS) is 11.7. The number of carbonyl (C=O) groups excluding carboxylic acids is 1. The minimum atomic E-state index is -0.0547. The maximum absolute atomic E-state index is 12.7. The van der Waals surface area contributed by atoms with E-state index >= 15 is 0 Å². The van der Waals surface area contributed by atoms with Crippen LogP contribution in [0.4, 0.5) is 4.79 Å². The highest BCUT2D eigenvalue weighted by Crippen LogP contribution is 2.27. The summed E-state index contributed by atoms with van der Waals surface area (Å²) >= 11 is 3.58. The highest BCUT2D eigenvalue weighted by molar-refractivity contribution is 9.10. The van der Waals surface area contributed by atoms with Gasteiger partial charge in [-0.1, -0.05) is 53.2 Å². The second-order valence-electron chi connectivity index (χ2n) is 5.90. The number of hydrogen-bond acceptors (Lipinski definition) is 2. The van der Waals surface area contributed by atoms with Crippen LogP contribution < -0.4 is 10.1 Å². The fraction of sp³-hybridized carbons (Fsp3) is 0.350. The lowest BCUT2D eigenvalue weighted by molar-refractivity contribution is 0.178. The van der Waals surface area contributed by atoms with Crippen molar-refractivity contribution in [3.63, 3.8) is 0 Å². The Labute approximate surface area is 158 Å². The molecule has 2 aromatic carbocycles. The van der Waals surface area contributed by atoms with E-state index in [4.69, 9.17) is 4.74 Å². The Bertz CT molecular complexity index is 688. The summed E-state index contributed by atoms with van der Waals surface area (Å²) in [6, 6.07) is 15.7. The zero-order valence-corrected chi connectivity index (χ0v) is 16.5. The maximum atomic E-state index is 12.7. The molecule has 0 heterocycles. The minimum absolute atomic E-state index is 0.00797. The van der Waals surface area contributed by atoms with Crippen molar-refractivity contribution >= 4 is 22.0 Å². The van der Waals surface area contributed by atoms with Gasteiger partial charge in [0.2, 0.25) is 0 Å². The molecule has 0 saturated heterocycles. The Morgan fingerprint density at radius 2 is 1.88 bits per heavy atom. The van der Waals surface area contributed by atoms with Crippen molar-refractivity contribution < 1.29 is 9.53 Å². The van der Waals surface area contributed by atoms with Crippen LogP contribution in [0.2, 0.25) is 0 Å².